The van der Waals surface area contributed by atoms with Crippen molar-refractivity contribution < 1.29 is 0 Å². The SMILES string of the molecule is CCCc1ccc(Nc2ncccc2C#N)cc1. The lowest BCUT2D eigenvalue weighted by atomic mass is 10.1. The van der Waals surface area contributed by atoms with Gasteiger partial charge in [0.2, 0.25) is 0 Å². The summed E-state index contributed by atoms with van der Waals surface area (Å²) in [5.74, 6) is 0.600. The van der Waals surface area contributed by atoms with Gasteiger partial charge in [-0.3, -0.25) is 0 Å². The summed E-state index contributed by atoms with van der Waals surface area (Å²) in [6, 6.07) is 13.9. The van der Waals surface area contributed by atoms with Crippen molar-refractivity contribution in [3.63, 3.8) is 0 Å². The van der Waals surface area contributed by atoms with Crippen molar-refractivity contribution in [3.05, 3.63) is 53.7 Å². The molecule has 2 rings (SSSR count). The molecule has 0 spiro atoms. The summed E-state index contributed by atoms with van der Waals surface area (Å²) in [5.41, 5.74) is 2.82. The largest absolute Gasteiger partial charge is 0.339 e. The topological polar surface area (TPSA) is 48.7 Å². The second-order valence-corrected chi connectivity index (χ2v) is 4.08. The molecule has 1 aromatic carbocycles. The first-order valence-corrected chi connectivity index (χ1v) is 6.04. The van der Waals surface area contributed by atoms with E-state index in [1.807, 2.05) is 12.1 Å². The highest BCUT2D eigenvalue weighted by molar-refractivity contribution is 5.62. The highest BCUT2D eigenvalue weighted by atomic mass is 15.0. The Kier molecular flexibility index (Phi) is 3.93. The second kappa shape index (κ2) is 5.83. The molecule has 1 aromatic heterocycles. The third kappa shape index (κ3) is 2.86. The van der Waals surface area contributed by atoms with Crippen molar-refractivity contribution >= 4 is 11.5 Å². The summed E-state index contributed by atoms with van der Waals surface area (Å²) in [6.45, 7) is 2.17. The first kappa shape index (κ1) is 12.1. The zero-order chi connectivity index (χ0) is 12.8. The minimum absolute atomic E-state index is 0.551. The molecule has 0 aliphatic heterocycles. The number of aromatic nitrogens is 1. The number of rotatable bonds is 4. The molecule has 3 heteroatoms. The standard InChI is InChI=1S/C15H15N3/c1-2-4-12-6-8-14(9-7-12)18-15-13(11-16)5-3-10-17-15/h3,5-10H,2,4H2,1H3,(H,17,18). The van der Waals surface area contributed by atoms with Crippen LogP contribution in [-0.4, -0.2) is 4.98 Å². The Morgan fingerprint density at radius 1 is 1.22 bits per heavy atom. The molecule has 1 N–H and O–H groups in total. The number of benzene rings is 1. The third-order valence-corrected chi connectivity index (χ3v) is 2.68. The average molecular weight is 237 g/mol. The molecule has 0 amide bonds. The van der Waals surface area contributed by atoms with E-state index in [2.05, 4.69) is 35.4 Å². The average Bonchev–Trinajstić information content (AvgIpc) is 2.42. The van der Waals surface area contributed by atoms with Crippen molar-refractivity contribution in [2.24, 2.45) is 0 Å². The molecule has 3 nitrogen and oxygen atoms in total. The zero-order valence-corrected chi connectivity index (χ0v) is 10.4. The van der Waals surface area contributed by atoms with Crippen LogP contribution >= 0.6 is 0 Å². The van der Waals surface area contributed by atoms with E-state index in [0.717, 1.165) is 18.5 Å². The maximum Gasteiger partial charge on any atom is 0.148 e. The predicted molar refractivity (Wildman–Crippen MR) is 72.7 cm³/mol. The van der Waals surface area contributed by atoms with E-state index in [1.54, 1.807) is 18.3 Å². The first-order chi connectivity index (χ1) is 8.83. The van der Waals surface area contributed by atoms with E-state index in [-0.39, 0.29) is 0 Å². The summed E-state index contributed by atoms with van der Waals surface area (Å²) in [4.78, 5) is 4.17. The summed E-state index contributed by atoms with van der Waals surface area (Å²) in [6.07, 6.45) is 3.91. The van der Waals surface area contributed by atoms with Gasteiger partial charge in [-0.05, 0) is 36.2 Å². The fraction of sp³-hybridized carbons (Fsp3) is 0.200. The van der Waals surface area contributed by atoms with Crippen molar-refractivity contribution in [1.82, 2.24) is 4.98 Å². The molecule has 0 bridgehead atoms. The molecular weight excluding hydrogens is 222 g/mol. The van der Waals surface area contributed by atoms with E-state index < -0.39 is 0 Å². The number of nitriles is 1. The molecule has 0 saturated carbocycles. The van der Waals surface area contributed by atoms with Crippen LogP contribution in [-0.2, 0) is 6.42 Å². The molecule has 0 aliphatic rings. The van der Waals surface area contributed by atoms with Gasteiger partial charge in [-0.25, -0.2) is 4.98 Å². The lowest BCUT2D eigenvalue weighted by Crippen LogP contribution is -1.96. The van der Waals surface area contributed by atoms with Gasteiger partial charge >= 0.3 is 0 Å². The van der Waals surface area contributed by atoms with E-state index >= 15 is 0 Å². The van der Waals surface area contributed by atoms with Gasteiger partial charge in [-0.15, -0.1) is 0 Å². The van der Waals surface area contributed by atoms with Gasteiger partial charge < -0.3 is 5.32 Å². The van der Waals surface area contributed by atoms with E-state index in [9.17, 15) is 0 Å². The van der Waals surface area contributed by atoms with Crippen LogP contribution in [0.5, 0.6) is 0 Å². The van der Waals surface area contributed by atoms with Crippen LogP contribution in [0.15, 0.2) is 42.6 Å². The van der Waals surface area contributed by atoms with Gasteiger partial charge in [0.15, 0.2) is 0 Å². The molecular formula is C15H15N3. The number of aryl methyl sites for hydroxylation is 1. The number of pyridine rings is 1. The predicted octanol–water partition coefficient (Wildman–Crippen LogP) is 3.65. The van der Waals surface area contributed by atoms with Gasteiger partial charge in [-0.1, -0.05) is 25.5 Å². The summed E-state index contributed by atoms with van der Waals surface area (Å²) < 4.78 is 0. The van der Waals surface area contributed by atoms with E-state index in [1.165, 1.54) is 5.56 Å². The molecule has 0 fully saturated rings. The molecule has 0 atom stereocenters. The Hall–Kier alpha value is -2.34. The molecule has 1 heterocycles. The van der Waals surface area contributed by atoms with Crippen LogP contribution in [0.4, 0.5) is 11.5 Å². The summed E-state index contributed by atoms with van der Waals surface area (Å²) in [7, 11) is 0. The summed E-state index contributed by atoms with van der Waals surface area (Å²) >= 11 is 0. The second-order valence-electron chi connectivity index (χ2n) is 4.08. The fourth-order valence-corrected chi connectivity index (χ4v) is 1.78. The van der Waals surface area contributed by atoms with Crippen LogP contribution in [0.1, 0.15) is 24.5 Å². The van der Waals surface area contributed by atoms with Crippen molar-refractivity contribution in [2.75, 3.05) is 5.32 Å². The molecule has 0 unspecified atom stereocenters. The van der Waals surface area contributed by atoms with E-state index in [4.69, 9.17) is 5.26 Å². The lowest BCUT2D eigenvalue weighted by molar-refractivity contribution is 0.922. The number of nitrogens with zero attached hydrogens (tertiary/aromatic N) is 2. The highest BCUT2D eigenvalue weighted by Gasteiger charge is 2.02. The Morgan fingerprint density at radius 3 is 2.67 bits per heavy atom. The van der Waals surface area contributed by atoms with Gasteiger partial charge in [0.1, 0.15) is 11.9 Å². The number of anilines is 2. The number of hydrogen-bond donors (Lipinski definition) is 1. The van der Waals surface area contributed by atoms with Crippen LogP contribution in [0, 0.1) is 11.3 Å². The highest BCUT2D eigenvalue weighted by Crippen LogP contribution is 2.18. The molecule has 18 heavy (non-hydrogen) atoms. The van der Waals surface area contributed by atoms with Crippen molar-refractivity contribution in [2.45, 2.75) is 19.8 Å². The lowest BCUT2D eigenvalue weighted by Gasteiger charge is -2.07. The Labute approximate surface area is 107 Å². The Balaban J connectivity index is 2.16. The van der Waals surface area contributed by atoms with Gasteiger partial charge in [0.05, 0.1) is 5.56 Å². The quantitative estimate of drug-likeness (QED) is 0.883. The monoisotopic (exact) mass is 237 g/mol. The maximum atomic E-state index is 8.98. The molecule has 0 aliphatic carbocycles. The first-order valence-electron chi connectivity index (χ1n) is 6.04. The van der Waals surface area contributed by atoms with Gasteiger partial charge in [-0.2, -0.15) is 5.26 Å². The minimum atomic E-state index is 0.551. The van der Waals surface area contributed by atoms with Gasteiger partial charge in [0, 0.05) is 11.9 Å². The van der Waals surface area contributed by atoms with Crippen LogP contribution < -0.4 is 5.32 Å². The molecule has 0 saturated heterocycles. The number of hydrogen-bond acceptors (Lipinski definition) is 3. The smallest absolute Gasteiger partial charge is 0.148 e. The number of nitrogens with one attached hydrogen (secondary N) is 1. The van der Waals surface area contributed by atoms with Crippen LogP contribution in [0.25, 0.3) is 0 Å². The van der Waals surface area contributed by atoms with E-state index in [0.29, 0.717) is 11.4 Å². The van der Waals surface area contributed by atoms with Crippen LogP contribution in [0.3, 0.4) is 0 Å². The van der Waals surface area contributed by atoms with Crippen LogP contribution in [0.2, 0.25) is 0 Å². The summed E-state index contributed by atoms with van der Waals surface area (Å²) in [5, 5.41) is 12.1. The Bertz CT molecular complexity index is 553. The minimum Gasteiger partial charge on any atom is -0.339 e. The zero-order valence-electron chi connectivity index (χ0n) is 10.4. The third-order valence-electron chi connectivity index (χ3n) is 2.68. The maximum absolute atomic E-state index is 8.98. The fourth-order valence-electron chi connectivity index (χ4n) is 1.78. The Morgan fingerprint density at radius 2 is 2.00 bits per heavy atom. The van der Waals surface area contributed by atoms with Gasteiger partial charge in [0.25, 0.3) is 0 Å². The molecule has 0 radical (unpaired) electrons. The normalized spacial score (nSPS) is 9.78. The molecule has 2 aromatic rings. The van der Waals surface area contributed by atoms with Crippen molar-refractivity contribution in [3.8, 4) is 6.07 Å². The van der Waals surface area contributed by atoms with Crippen molar-refractivity contribution in [1.29, 1.82) is 5.26 Å². The molecule has 90 valence electrons.